The lowest BCUT2D eigenvalue weighted by Gasteiger charge is -2.08. The summed E-state index contributed by atoms with van der Waals surface area (Å²) in [6.07, 6.45) is 4.19. The Morgan fingerprint density at radius 2 is 2.08 bits per heavy atom. The lowest BCUT2D eigenvalue weighted by atomic mass is 10.1. The quantitative estimate of drug-likeness (QED) is 0.670. The fourth-order valence-electron chi connectivity index (χ4n) is 1.99. The van der Waals surface area contributed by atoms with Crippen molar-refractivity contribution in [2.24, 2.45) is 0 Å². The van der Waals surface area contributed by atoms with Gasteiger partial charge >= 0.3 is 0 Å². The molecule has 0 radical (unpaired) electrons. The van der Waals surface area contributed by atoms with Crippen molar-refractivity contribution in [3.8, 4) is 12.1 Å². The Kier molecular flexibility index (Phi) is 5.38. The molecular formula is C17H14N4O3S. The first-order valence-electron chi connectivity index (χ1n) is 7.09. The van der Waals surface area contributed by atoms with Crippen LogP contribution in [0.4, 0.5) is 5.00 Å². The first-order valence-corrected chi connectivity index (χ1v) is 7.91. The SMILES string of the molecule is Cc1c(C(=O)N(C)C)sc(NC(=O)/C(C#N)=C/c2ccoc2)c1C#N. The minimum atomic E-state index is -0.662. The Labute approximate surface area is 148 Å². The minimum absolute atomic E-state index is 0.142. The second-order valence-corrected chi connectivity index (χ2v) is 6.27. The largest absolute Gasteiger partial charge is 0.472 e. The summed E-state index contributed by atoms with van der Waals surface area (Å²) in [7, 11) is 3.21. The normalized spacial score (nSPS) is 10.7. The number of carbonyl (C=O) groups is 2. The average molecular weight is 354 g/mol. The monoisotopic (exact) mass is 354 g/mol. The molecule has 2 aromatic rings. The molecule has 8 heteroatoms. The van der Waals surface area contributed by atoms with Crippen molar-refractivity contribution < 1.29 is 14.0 Å². The standard InChI is InChI=1S/C17H14N4O3S/c1-10-13(8-19)16(25-14(10)17(23)21(2)3)20-15(22)12(7-18)6-11-4-5-24-9-11/h4-6,9H,1-3H3,(H,20,22)/b12-6+. The van der Waals surface area contributed by atoms with E-state index in [2.05, 4.69) is 5.32 Å². The molecular weight excluding hydrogens is 340 g/mol. The summed E-state index contributed by atoms with van der Waals surface area (Å²) in [5.74, 6) is -0.917. The van der Waals surface area contributed by atoms with Gasteiger partial charge in [0, 0.05) is 19.7 Å². The molecule has 0 saturated heterocycles. The van der Waals surface area contributed by atoms with Crippen molar-refractivity contribution in [3.05, 3.63) is 45.7 Å². The molecule has 2 amide bonds. The van der Waals surface area contributed by atoms with Crippen LogP contribution in [0.1, 0.15) is 26.4 Å². The summed E-state index contributed by atoms with van der Waals surface area (Å²) in [5, 5.41) is 21.3. The molecule has 0 fully saturated rings. The minimum Gasteiger partial charge on any atom is -0.472 e. The van der Waals surface area contributed by atoms with Crippen LogP contribution in [0.3, 0.4) is 0 Å². The van der Waals surface area contributed by atoms with Crippen LogP contribution in [-0.4, -0.2) is 30.8 Å². The number of nitriles is 2. The molecule has 7 nitrogen and oxygen atoms in total. The second kappa shape index (κ2) is 7.47. The molecule has 0 aliphatic rings. The van der Waals surface area contributed by atoms with Gasteiger partial charge in [-0.25, -0.2) is 0 Å². The van der Waals surface area contributed by atoms with Crippen molar-refractivity contribution in [1.29, 1.82) is 10.5 Å². The van der Waals surface area contributed by atoms with Crippen molar-refractivity contribution in [1.82, 2.24) is 4.90 Å². The summed E-state index contributed by atoms with van der Waals surface area (Å²) in [6.45, 7) is 1.65. The van der Waals surface area contributed by atoms with Gasteiger partial charge in [-0.2, -0.15) is 10.5 Å². The van der Waals surface area contributed by atoms with Crippen LogP contribution in [0.25, 0.3) is 6.08 Å². The van der Waals surface area contributed by atoms with Gasteiger partial charge in [0.05, 0.1) is 23.0 Å². The van der Waals surface area contributed by atoms with E-state index in [0.717, 1.165) is 11.3 Å². The number of hydrogen-bond donors (Lipinski definition) is 1. The molecule has 0 spiro atoms. The van der Waals surface area contributed by atoms with E-state index in [1.807, 2.05) is 12.1 Å². The summed E-state index contributed by atoms with van der Waals surface area (Å²) in [5.41, 5.74) is 1.14. The molecule has 126 valence electrons. The maximum atomic E-state index is 12.3. The smallest absolute Gasteiger partial charge is 0.266 e. The highest BCUT2D eigenvalue weighted by Crippen LogP contribution is 2.33. The van der Waals surface area contributed by atoms with E-state index in [4.69, 9.17) is 4.42 Å². The third-order valence-corrected chi connectivity index (χ3v) is 4.50. The van der Waals surface area contributed by atoms with Gasteiger partial charge in [0.15, 0.2) is 0 Å². The van der Waals surface area contributed by atoms with Crippen molar-refractivity contribution in [2.75, 3.05) is 19.4 Å². The predicted octanol–water partition coefficient (Wildman–Crippen LogP) is 2.77. The second-order valence-electron chi connectivity index (χ2n) is 5.25. The predicted molar refractivity (Wildman–Crippen MR) is 92.7 cm³/mol. The van der Waals surface area contributed by atoms with Gasteiger partial charge in [0.25, 0.3) is 11.8 Å². The summed E-state index contributed by atoms with van der Waals surface area (Å²) in [6, 6.07) is 5.41. The van der Waals surface area contributed by atoms with E-state index in [1.54, 1.807) is 27.1 Å². The number of thiophene rings is 1. The highest BCUT2D eigenvalue weighted by atomic mass is 32.1. The van der Waals surface area contributed by atoms with Gasteiger partial charge in [-0.15, -0.1) is 11.3 Å². The number of hydrogen-bond acceptors (Lipinski definition) is 6. The number of rotatable bonds is 4. The fourth-order valence-corrected chi connectivity index (χ4v) is 3.16. The number of furan rings is 1. The summed E-state index contributed by atoms with van der Waals surface area (Å²) in [4.78, 5) is 26.3. The average Bonchev–Trinajstić information content (AvgIpc) is 3.19. The molecule has 1 N–H and O–H groups in total. The fraction of sp³-hybridized carbons (Fsp3) is 0.176. The van der Waals surface area contributed by atoms with E-state index in [0.29, 0.717) is 16.0 Å². The van der Waals surface area contributed by atoms with E-state index in [-0.39, 0.29) is 22.0 Å². The maximum Gasteiger partial charge on any atom is 0.266 e. The van der Waals surface area contributed by atoms with E-state index >= 15 is 0 Å². The van der Waals surface area contributed by atoms with Crippen LogP contribution in [-0.2, 0) is 4.79 Å². The van der Waals surface area contributed by atoms with Crippen molar-refractivity contribution in [3.63, 3.8) is 0 Å². The molecule has 2 rings (SSSR count). The Morgan fingerprint density at radius 1 is 1.36 bits per heavy atom. The van der Waals surface area contributed by atoms with Gasteiger partial charge in [0.1, 0.15) is 22.7 Å². The first-order chi connectivity index (χ1) is 11.9. The van der Waals surface area contributed by atoms with Crippen LogP contribution in [0, 0.1) is 29.6 Å². The Hall–Kier alpha value is -3.36. The lowest BCUT2D eigenvalue weighted by molar-refractivity contribution is -0.112. The summed E-state index contributed by atoms with van der Waals surface area (Å²) < 4.78 is 4.89. The molecule has 0 aromatic carbocycles. The Balaban J connectivity index is 2.35. The molecule has 0 bridgehead atoms. The highest BCUT2D eigenvalue weighted by molar-refractivity contribution is 7.18. The van der Waals surface area contributed by atoms with E-state index < -0.39 is 5.91 Å². The van der Waals surface area contributed by atoms with Crippen LogP contribution in [0.5, 0.6) is 0 Å². The number of nitrogens with one attached hydrogen (secondary N) is 1. The van der Waals surface area contributed by atoms with Crippen molar-refractivity contribution in [2.45, 2.75) is 6.92 Å². The zero-order valence-electron chi connectivity index (χ0n) is 13.8. The highest BCUT2D eigenvalue weighted by Gasteiger charge is 2.23. The molecule has 25 heavy (non-hydrogen) atoms. The number of amides is 2. The zero-order chi connectivity index (χ0) is 18.6. The van der Waals surface area contributed by atoms with E-state index in [1.165, 1.54) is 23.5 Å². The molecule has 2 heterocycles. The molecule has 0 saturated carbocycles. The van der Waals surface area contributed by atoms with Gasteiger partial charge in [0.2, 0.25) is 0 Å². The molecule has 0 aliphatic heterocycles. The van der Waals surface area contributed by atoms with Gasteiger partial charge in [-0.3, -0.25) is 9.59 Å². The van der Waals surface area contributed by atoms with Gasteiger partial charge in [-0.1, -0.05) is 0 Å². The number of nitrogens with zero attached hydrogens (tertiary/aromatic N) is 3. The zero-order valence-corrected chi connectivity index (χ0v) is 14.6. The maximum absolute atomic E-state index is 12.3. The number of carbonyl (C=O) groups excluding carboxylic acids is 2. The molecule has 0 atom stereocenters. The summed E-state index contributed by atoms with van der Waals surface area (Å²) >= 11 is 1.01. The molecule has 2 aromatic heterocycles. The van der Waals surface area contributed by atoms with Gasteiger partial charge < -0.3 is 14.6 Å². The molecule has 0 unspecified atom stereocenters. The lowest BCUT2D eigenvalue weighted by Crippen LogP contribution is -2.21. The van der Waals surface area contributed by atoms with E-state index in [9.17, 15) is 20.1 Å². The number of anilines is 1. The Morgan fingerprint density at radius 3 is 2.60 bits per heavy atom. The van der Waals surface area contributed by atoms with Crippen molar-refractivity contribution >= 4 is 34.2 Å². The van der Waals surface area contributed by atoms with Crippen LogP contribution in [0.15, 0.2) is 28.6 Å². The third kappa shape index (κ3) is 3.77. The first kappa shape index (κ1) is 18.0. The molecule has 0 aliphatic carbocycles. The topological polar surface area (TPSA) is 110 Å². The van der Waals surface area contributed by atoms with Crippen LogP contribution >= 0.6 is 11.3 Å². The van der Waals surface area contributed by atoms with Gasteiger partial charge in [-0.05, 0) is 24.6 Å². The van der Waals surface area contributed by atoms with Crippen LogP contribution in [0.2, 0.25) is 0 Å². The third-order valence-electron chi connectivity index (χ3n) is 3.31. The Bertz CT molecular complexity index is 924. The van der Waals surface area contributed by atoms with Crippen LogP contribution < -0.4 is 5.32 Å².